The lowest BCUT2D eigenvalue weighted by atomic mass is 10.0. The van der Waals surface area contributed by atoms with Crippen molar-refractivity contribution in [3.05, 3.63) is 63.5 Å². The average Bonchev–Trinajstić information content (AvgIpc) is 3.30. The largest absolute Gasteiger partial charge is 0.353 e. The van der Waals surface area contributed by atoms with Crippen LogP contribution in [0.3, 0.4) is 0 Å². The highest BCUT2D eigenvalue weighted by Crippen LogP contribution is 2.29. The molecule has 3 aromatic rings. The standard InChI is InChI=1S/C25H26Cl2N4O2S2/c1-16(32)28-20-4-2-3-18(12-20)23-14-34-25(30-23)35-15-24(33)29-19-7-9-31(10-8-19)13-17-5-6-21(26)22(27)11-17/h2-6,11-12,14,19H,7-10,13,15H2,1H3,(H,28,32)(H,29,33). The Kier molecular flexibility index (Phi) is 9.08. The number of thiazole rings is 1. The molecule has 1 aliphatic heterocycles. The van der Waals surface area contributed by atoms with Gasteiger partial charge in [-0.05, 0) is 42.7 Å². The van der Waals surface area contributed by atoms with E-state index in [1.54, 1.807) is 0 Å². The van der Waals surface area contributed by atoms with Crippen molar-refractivity contribution >= 4 is 63.8 Å². The van der Waals surface area contributed by atoms with Gasteiger partial charge in [-0.3, -0.25) is 14.5 Å². The van der Waals surface area contributed by atoms with Gasteiger partial charge in [-0.15, -0.1) is 11.3 Å². The van der Waals surface area contributed by atoms with E-state index in [-0.39, 0.29) is 17.9 Å². The van der Waals surface area contributed by atoms with Gasteiger partial charge in [-0.25, -0.2) is 4.98 Å². The van der Waals surface area contributed by atoms with Crippen LogP contribution in [0.15, 0.2) is 52.2 Å². The monoisotopic (exact) mass is 548 g/mol. The molecule has 1 aliphatic rings. The summed E-state index contributed by atoms with van der Waals surface area (Å²) in [6.45, 7) is 4.15. The number of benzene rings is 2. The van der Waals surface area contributed by atoms with E-state index in [4.69, 9.17) is 23.2 Å². The number of piperidine rings is 1. The number of carbonyl (C=O) groups is 2. The first-order valence-electron chi connectivity index (χ1n) is 11.3. The van der Waals surface area contributed by atoms with Crippen LogP contribution in [0, 0.1) is 0 Å². The first-order chi connectivity index (χ1) is 16.9. The molecule has 6 nitrogen and oxygen atoms in total. The zero-order valence-electron chi connectivity index (χ0n) is 19.2. The number of halogens is 2. The molecule has 0 atom stereocenters. The minimum Gasteiger partial charge on any atom is -0.353 e. The van der Waals surface area contributed by atoms with Crippen LogP contribution < -0.4 is 10.6 Å². The van der Waals surface area contributed by atoms with Crippen LogP contribution in [-0.2, 0) is 16.1 Å². The Bertz CT molecular complexity index is 1200. The summed E-state index contributed by atoms with van der Waals surface area (Å²) in [6.07, 6.45) is 1.84. The number of thioether (sulfide) groups is 1. The molecule has 0 aliphatic carbocycles. The Morgan fingerprint density at radius 3 is 2.69 bits per heavy atom. The lowest BCUT2D eigenvalue weighted by Crippen LogP contribution is -2.44. The van der Waals surface area contributed by atoms with Crippen molar-refractivity contribution in [1.29, 1.82) is 0 Å². The Morgan fingerprint density at radius 1 is 1.14 bits per heavy atom. The minimum absolute atomic E-state index is 0.0299. The number of nitrogens with zero attached hydrogens (tertiary/aromatic N) is 2. The highest BCUT2D eigenvalue weighted by molar-refractivity contribution is 8.01. The predicted octanol–water partition coefficient (Wildman–Crippen LogP) is 5.95. The van der Waals surface area contributed by atoms with Crippen LogP contribution >= 0.6 is 46.3 Å². The number of amides is 2. The summed E-state index contributed by atoms with van der Waals surface area (Å²) in [4.78, 5) is 30.8. The van der Waals surface area contributed by atoms with Crippen molar-refractivity contribution in [1.82, 2.24) is 15.2 Å². The number of nitrogens with one attached hydrogen (secondary N) is 2. The van der Waals surface area contributed by atoms with E-state index in [1.807, 2.05) is 47.8 Å². The maximum absolute atomic E-state index is 12.5. The summed E-state index contributed by atoms with van der Waals surface area (Å²) in [5.41, 5.74) is 3.64. The van der Waals surface area contributed by atoms with Crippen LogP contribution in [-0.4, -0.2) is 46.6 Å². The van der Waals surface area contributed by atoms with E-state index < -0.39 is 0 Å². The van der Waals surface area contributed by atoms with E-state index in [1.165, 1.54) is 30.0 Å². The van der Waals surface area contributed by atoms with Crippen LogP contribution in [0.5, 0.6) is 0 Å². The Balaban J connectivity index is 1.21. The van der Waals surface area contributed by atoms with E-state index in [2.05, 4.69) is 20.5 Å². The van der Waals surface area contributed by atoms with Gasteiger partial charge in [0.15, 0.2) is 4.34 Å². The molecule has 4 rings (SSSR count). The van der Waals surface area contributed by atoms with Gasteiger partial charge < -0.3 is 10.6 Å². The highest BCUT2D eigenvalue weighted by Gasteiger charge is 2.21. The average molecular weight is 550 g/mol. The third-order valence-corrected chi connectivity index (χ3v) is 8.39. The second-order valence-electron chi connectivity index (χ2n) is 8.42. The number of aromatic nitrogens is 1. The number of carbonyl (C=O) groups excluding carboxylic acids is 2. The molecule has 0 spiro atoms. The molecule has 0 unspecified atom stereocenters. The van der Waals surface area contributed by atoms with Gasteiger partial charge >= 0.3 is 0 Å². The Morgan fingerprint density at radius 2 is 1.94 bits per heavy atom. The van der Waals surface area contributed by atoms with E-state index in [9.17, 15) is 9.59 Å². The molecule has 1 saturated heterocycles. The summed E-state index contributed by atoms with van der Waals surface area (Å²) in [6, 6.07) is 13.5. The second kappa shape index (κ2) is 12.2. The van der Waals surface area contributed by atoms with Gasteiger partial charge in [0.25, 0.3) is 0 Å². The summed E-state index contributed by atoms with van der Waals surface area (Å²) in [5.74, 6) is 0.254. The van der Waals surface area contributed by atoms with Gasteiger partial charge in [-0.2, -0.15) is 0 Å². The molecular weight excluding hydrogens is 523 g/mol. The first kappa shape index (κ1) is 26.0. The van der Waals surface area contributed by atoms with Crippen molar-refractivity contribution in [2.45, 2.75) is 36.7 Å². The van der Waals surface area contributed by atoms with E-state index in [0.717, 1.165) is 59.3 Å². The highest BCUT2D eigenvalue weighted by atomic mass is 35.5. The number of anilines is 1. The fourth-order valence-electron chi connectivity index (χ4n) is 3.94. The molecule has 10 heteroatoms. The van der Waals surface area contributed by atoms with Crippen molar-refractivity contribution < 1.29 is 9.59 Å². The van der Waals surface area contributed by atoms with Gasteiger partial charge in [-0.1, -0.05) is 53.2 Å². The molecule has 1 aromatic heterocycles. The third kappa shape index (κ3) is 7.69. The summed E-state index contributed by atoms with van der Waals surface area (Å²) in [7, 11) is 0. The fraction of sp³-hybridized carbons (Fsp3) is 0.320. The first-order valence-corrected chi connectivity index (χ1v) is 13.9. The van der Waals surface area contributed by atoms with Crippen LogP contribution in [0.25, 0.3) is 11.3 Å². The third-order valence-electron chi connectivity index (χ3n) is 5.63. The summed E-state index contributed by atoms with van der Waals surface area (Å²) < 4.78 is 0.844. The topological polar surface area (TPSA) is 74.3 Å². The molecule has 184 valence electrons. The molecule has 0 bridgehead atoms. The van der Waals surface area contributed by atoms with Crippen molar-refractivity contribution in [2.24, 2.45) is 0 Å². The zero-order chi connectivity index (χ0) is 24.8. The smallest absolute Gasteiger partial charge is 0.230 e. The number of hydrogen-bond acceptors (Lipinski definition) is 6. The zero-order valence-corrected chi connectivity index (χ0v) is 22.4. The summed E-state index contributed by atoms with van der Waals surface area (Å²) >= 11 is 15.1. The van der Waals surface area contributed by atoms with Crippen molar-refractivity contribution in [3.63, 3.8) is 0 Å². The van der Waals surface area contributed by atoms with Gasteiger partial charge in [0.05, 0.1) is 21.5 Å². The van der Waals surface area contributed by atoms with Gasteiger partial charge in [0.1, 0.15) is 0 Å². The molecule has 0 radical (unpaired) electrons. The SMILES string of the molecule is CC(=O)Nc1cccc(-c2csc(SCC(=O)NC3CCN(Cc4ccc(Cl)c(Cl)c4)CC3)n2)c1. The Hall–Kier alpha value is -2.10. The Labute approximate surface area is 223 Å². The molecular formula is C25H26Cl2N4O2S2. The molecule has 2 aromatic carbocycles. The molecule has 2 amide bonds. The fourth-order valence-corrected chi connectivity index (χ4v) is 5.91. The molecule has 0 saturated carbocycles. The quantitative estimate of drug-likeness (QED) is 0.340. The van der Waals surface area contributed by atoms with E-state index >= 15 is 0 Å². The number of likely N-dealkylation sites (tertiary alicyclic amines) is 1. The lowest BCUT2D eigenvalue weighted by Gasteiger charge is -2.32. The van der Waals surface area contributed by atoms with Gasteiger partial charge in [0.2, 0.25) is 11.8 Å². The maximum Gasteiger partial charge on any atom is 0.230 e. The van der Waals surface area contributed by atoms with Crippen molar-refractivity contribution in [3.8, 4) is 11.3 Å². The molecule has 1 fully saturated rings. The second-order valence-corrected chi connectivity index (χ2v) is 11.3. The minimum atomic E-state index is -0.111. The molecule has 2 N–H and O–H groups in total. The lowest BCUT2D eigenvalue weighted by molar-refractivity contribution is -0.119. The maximum atomic E-state index is 12.5. The van der Waals surface area contributed by atoms with E-state index in [0.29, 0.717) is 15.8 Å². The van der Waals surface area contributed by atoms with Crippen molar-refractivity contribution in [2.75, 3.05) is 24.2 Å². The number of hydrogen-bond donors (Lipinski definition) is 2. The van der Waals surface area contributed by atoms with Crippen LogP contribution in [0.4, 0.5) is 5.69 Å². The summed E-state index contributed by atoms with van der Waals surface area (Å²) in [5, 5.41) is 9.07. The van der Waals surface area contributed by atoms with Gasteiger partial charge in [0, 0.05) is 49.2 Å². The van der Waals surface area contributed by atoms with Crippen LogP contribution in [0.1, 0.15) is 25.3 Å². The predicted molar refractivity (Wildman–Crippen MR) is 145 cm³/mol. The normalized spacial score (nSPS) is 14.6. The molecule has 35 heavy (non-hydrogen) atoms. The number of rotatable bonds is 8. The van der Waals surface area contributed by atoms with Crippen LogP contribution in [0.2, 0.25) is 10.0 Å². The molecule has 2 heterocycles.